The second kappa shape index (κ2) is 5.47. The highest BCUT2D eigenvalue weighted by Crippen LogP contribution is 2.34. The van der Waals surface area contributed by atoms with Crippen molar-refractivity contribution < 1.29 is 24.2 Å². The quantitative estimate of drug-likeness (QED) is 0.765. The van der Waals surface area contributed by atoms with Gasteiger partial charge < -0.3 is 25.2 Å². The van der Waals surface area contributed by atoms with E-state index in [2.05, 4.69) is 10.6 Å². The lowest BCUT2D eigenvalue weighted by molar-refractivity contribution is -0.139. The van der Waals surface area contributed by atoms with Gasteiger partial charge in [0.1, 0.15) is 6.04 Å². The molecule has 3 N–H and O–H groups in total. The Balaban J connectivity index is 1.97. The Labute approximate surface area is 109 Å². The highest BCUT2D eigenvalue weighted by molar-refractivity contribution is 5.92. The van der Waals surface area contributed by atoms with Gasteiger partial charge in [-0.05, 0) is 18.6 Å². The number of fused-ring (bicyclic) bond motifs is 1. The Morgan fingerprint density at radius 3 is 2.79 bits per heavy atom. The number of carboxylic acids is 1. The molecule has 102 valence electrons. The summed E-state index contributed by atoms with van der Waals surface area (Å²) in [4.78, 5) is 22.4. The SMILES string of the molecule is CC[C@H](NC(=O)Nc1ccc2c(c1)OCO2)C(=O)O. The minimum atomic E-state index is -1.07. The molecular weight excluding hydrogens is 252 g/mol. The highest BCUT2D eigenvalue weighted by Gasteiger charge is 2.18. The molecule has 1 atom stereocenters. The number of nitrogens with one attached hydrogen (secondary N) is 2. The molecule has 7 nitrogen and oxygen atoms in total. The van der Waals surface area contributed by atoms with E-state index in [1.54, 1.807) is 25.1 Å². The monoisotopic (exact) mass is 266 g/mol. The van der Waals surface area contributed by atoms with Gasteiger partial charge in [-0.2, -0.15) is 0 Å². The van der Waals surface area contributed by atoms with Gasteiger partial charge in [-0.3, -0.25) is 0 Å². The summed E-state index contributed by atoms with van der Waals surface area (Å²) in [5.41, 5.74) is 0.502. The Morgan fingerprint density at radius 1 is 1.37 bits per heavy atom. The van der Waals surface area contributed by atoms with E-state index < -0.39 is 18.0 Å². The maximum atomic E-state index is 11.6. The smallest absolute Gasteiger partial charge is 0.326 e. The molecule has 0 aliphatic carbocycles. The lowest BCUT2D eigenvalue weighted by Gasteiger charge is -2.13. The van der Waals surface area contributed by atoms with Crippen LogP contribution in [0.25, 0.3) is 0 Å². The molecule has 2 rings (SSSR count). The molecule has 1 aromatic carbocycles. The zero-order valence-electron chi connectivity index (χ0n) is 10.3. The Hall–Kier alpha value is -2.44. The van der Waals surface area contributed by atoms with Crippen LogP contribution in [0.15, 0.2) is 18.2 Å². The number of hydrogen-bond donors (Lipinski definition) is 3. The Bertz CT molecular complexity index is 503. The number of carbonyl (C=O) groups is 2. The van der Waals surface area contributed by atoms with Gasteiger partial charge in [0.2, 0.25) is 6.79 Å². The summed E-state index contributed by atoms with van der Waals surface area (Å²) in [5.74, 6) is 0.0920. The van der Waals surface area contributed by atoms with E-state index in [0.29, 0.717) is 23.6 Å². The van der Waals surface area contributed by atoms with Crippen LogP contribution in [0.2, 0.25) is 0 Å². The first kappa shape index (κ1) is 13.0. The third-order valence-electron chi connectivity index (χ3n) is 2.64. The van der Waals surface area contributed by atoms with Crippen molar-refractivity contribution in [3.63, 3.8) is 0 Å². The fourth-order valence-corrected chi connectivity index (χ4v) is 1.64. The number of rotatable bonds is 4. The van der Waals surface area contributed by atoms with Crippen LogP contribution in [0.3, 0.4) is 0 Å². The maximum Gasteiger partial charge on any atom is 0.326 e. The van der Waals surface area contributed by atoms with E-state index >= 15 is 0 Å². The van der Waals surface area contributed by atoms with E-state index in [1.807, 2.05) is 0 Å². The topological polar surface area (TPSA) is 96.9 Å². The number of urea groups is 1. The van der Waals surface area contributed by atoms with Crippen LogP contribution < -0.4 is 20.1 Å². The summed E-state index contributed by atoms with van der Waals surface area (Å²) < 4.78 is 10.3. The summed E-state index contributed by atoms with van der Waals surface area (Å²) in [6.45, 7) is 1.83. The molecule has 0 saturated carbocycles. The average Bonchev–Trinajstić information content (AvgIpc) is 2.82. The number of anilines is 1. The van der Waals surface area contributed by atoms with Crippen LogP contribution in [0, 0.1) is 0 Å². The van der Waals surface area contributed by atoms with Crippen molar-refractivity contribution in [2.45, 2.75) is 19.4 Å². The largest absolute Gasteiger partial charge is 0.480 e. The third-order valence-corrected chi connectivity index (χ3v) is 2.64. The first-order chi connectivity index (χ1) is 9.10. The van der Waals surface area contributed by atoms with Crippen LogP contribution in [0.1, 0.15) is 13.3 Å². The van der Waals surface area contributed by atoms with Crippen molar-refractivity contribution in [1.29, 1.82) is 0 Å². The molecule has 19 heavy (non-hydrogen) atoms. The van der Waals surface area contributed by atoms with Gasteiger partial charge >= 0.3 is 12.0 Å². The minimum absolute atomic E-state index is 0.155. The Kier molecular flexibility index (Phi) is 3.74. The first-order valence-electron chi connectivity index (χ1n) is 5.80. The number of benzene rings is 1. The molecular formula is C12H14N2O5. The maximum absolute atomic E-state index is 11.6. The highest BCUT2D eigenvalue weighted by atomic mass is 16.7. The zero-order valence-corrected chi connectivity index (χ0v) is 10.3. The lowest BCUT2D eigenvalue weighted by Crippen LogP contribution is -2.42. The van der Waals surface area contributed by atoms with Gasteiger partial charge in [0, 0.05) is 11.8 Å². The van der Waals surface area contributed by atoms with E-state index in [9.17, 15) is 9.59 Å². The molecule has 1 aromatic rings. The summed E-state index contributed by atoms with van der Waals surface area (Å²) in [6, 6.07) is 3.45. The third kappa shape index (κ3) is 3.06. The van der Waals surface area contributed by atoms with Gasteiger partial charge in [-0.1, -0.05) is 6.92 Å². The van der Waals surface area contributed by atoms with Gasteiger partial charge in [0.15, 0.2) is 11.5 Å². The molecule has 7 heteroatoms. The molecule has 0 fully saturated rings. The molecule has 0 radical (unpaired) electrons. The van der Waals surface area contributed by atoms with Crippen molar-refractivity contribution in [3.8, 4) is 11.5 Å². The van der Waals surface area contributed by atoms with E-state index in [0.717, 1.165) is 0 Å². The van der Waals surface area contributed by atoms with E-state index in [-0.39, 0.29) is 6.79 Å². The van der Waals surface area contributed by atoms with Gasteiger partial charge in [-0.25, -0.2) is 9.59 Å². The molecule has 0 bridgehead atoms. The molecule has 0 spiro atoms. The number of amides is 2. The molecule has 0 saturated heterocycles. The molecule has 1 heterocycles. The normalized spacial score (nSPS) is 13.7. The van der Waals surface area contributed by atoms with Crippen molar-refractivity contribution in [3.05, 3.63) is 18.2 Å². The van der Waals surface area contributed by atoms with Crippen LogP contribution in [0.5, 0.6) is 11.5 Å². The van der Waals surface area contributed by atoms with Crippen LogP contribution in [0.4, 0.5) is 10.5 Å². The van der Waals surface area contributed by atoms with Crippen molar-refractivity contribution in [2.24, 2.45) is 0 Å². The molecule has 0 aromatic heterocycles. The van der Waals surface area contributed by atoms with Crippen LogP contribution in [-0.2, 0) is 4.79 Å². The minimum Gasteiger partial charge on any atom is -0.480 e. The number of hydrogen-bond acceptors (Lipinski definition) is 4. The zero-order chi connectivity index (χ0) is 13.8. The molecule has 1 aliphatic heterocycles. The summed E-state index contributed by atoms with van der Waals surface area (Å²) in [7, 11) is 0. The lowest BCUT2D eigenvalue weighted by atomic mass is 10.2. The number of carboxylic acid groups (broad SMARTS) is 1. The molecule has 2 amide bonds. The summed E-state index contributed by atoms with van der Waals surface area (Å²) in [5, 5.41) is 13.7. The predicted molar refractivity (Wildman–Crippen MR) is 66.4 cm³/mol. The van der Waals surface area contributed by atoms with E-state index in [1.165, 1.54) is 0 Å². The number of ether oxygens (including phenoxy) is 2. The number of aliphatic carboxylic acids is 1. The standard InChI is InChI=1S/C12H14N2O5/c1-2-8(11(15)16)14-12(17)13-7-3-4-9-10(5-7)19-6-18-9/h3-5,8H,2,6H2,1H3,(H,15,16)(H2,13,14,17)/t8-/m0/s1. The number of carbonyl (C=O) groups excluding carboxylic acids is 1. The van der Waals surface area contributed by atoms with Crippen molar-refractivity contribution in [2.75, 3.05) is 12.1 Å². The summed E-state index contributed by atoms with van der Waals surface area (Å²) >= 11 is 0. The summed E-state index contributed by atoms with van der Waals surface area (Å²) in [6.07, 6.45) is 0.309. The van der Waals surface area contributed by atoms with Gasteiger partial charge in [-0.15, -0.1) is 0 Å². The molecule has 1 aliphatic rings. The predicted octanol–water partition coefficient (Wildman–Crippen LogP) is 1.40. The second-order valence-corrected chi connectivity index (χ2v) is 3.97. The van der Waals surface area contributed by atoms with Crippen LogP contribution in [-0.4, -0.2) is 29.9 Å². The molecule has 0 unspecified atom stereocenters. The van der Waals surface area contributed by atoms with Gasteiger partial charge in [0.05, 0.1) is 0 Å². The Morgan fingerprint density at radius 2 is 2.11 bits per heavy atom. The van der Waals surface area contributed by atoms with Crippen molar-refractivity contribution in [1.82, 2.24) is 5.32 Å². The van der Waals surface area contributed by atoms with Gasteiger partial charge in [0.25, 0.3) is 0 Å². The van der Waals surface area contributed by atoms with Crippen molar-refractivity contribution >= 4 is 17.7 Å². The average molecular weight is 266 g/mol. The fraction of sp³-hybridized carbons (Fsp3) is 0.333. The second-order valence-electron chi connectivity index (χ2n) is 3.97. The fourth-order valence-electron chi connectivity index (χ4n) is 1.64. The first-order valence-corrected chi connectivity index (χ1v) is 5.80. The van der Waals surface area contributed by atoms with Crippen LogP contribution >= 0.6 is 0 Å². The van der Waals surface area contributed by atoms with E-state index in [4.69, 9.17) is 14.6 Å².